The monoisotopic (exact) mass is 276 g/mol. The van der Waals surface area contributed by atoms with E-state index in [9.17, 15) is 4.79 Å². The fraction of sp³-hybridized carbons (Fsp3) is 0.562. The summed E-state index contributed by atoms with van der Waals surface area (Å²) in [6.07, 6.45) is 3.10. The number of hydrogen-bond acceptors (Lipinski definition) is 3. The lowest BCUT2D eigenvalue weighted by atomic mass is 9.99. The van der Waals surface area contributed by atoms with E-state index in [4.69, 9.17) is 4.74 Å². The summed E-state index contributed by atoms with van der Waals surface area (Å²) in [5, 5.41) is 6.50. The van der Waals surface area contributed by atoms with Crippen LogP contribution in [0.4, 0.5) is 0 Å². The number of ether oxygens (including phenoxy) is 1. The molecule has 0 aromatic heterocycles. The SMILES string of the molecule is CCCOc1cccc(C(=O)NC2CCCNC2C)c1. The lowest BCUT2D eigenvalue weighted by molar-refractivity contribution is 0.0919. The predicted molar refractivity (Wildman–Crippen MR) is 80.2 cm³/mol. The molecule has 0 radical (unpaired) electrons. The number of nitrogens with one attached hydrogen (secondary N) is 2. The third-order valence-electron chi connectivity index (χ3n) is 3.65. The van der Waals surface area contributed by atoms with Crippen LogP contribution in [0.3, 0.4) is 0 Å². The van der Waals surface area contributed by atoms with E-state index in [0.717, 1.165) is 31.6 Å². The molecule has 2 unspecified atom stereocenters. The molecule has 1 aromatic rings. The molecule has 2 atom stereocenters. The van der Waals surface area contributed by atoms with Crippen LogP contribution in [0.15, 0.2) is 24.3 Å². The Bertz CT molecular complexity index is 448. The molecule has 2 N–H and O–H groups in total. The van der Waals surface area contributed by atoms with Gasteiger partial charge in [0.2, 0.25) is 0 Å². The Morgan fingerprint density at radius 3 is 3.10 bits per heavy atom. The third-order valence-corrected chi connectivity index (χ3v) is 3.65. The Morgan fingerprint density at radius 1 is 1.50 bits per heavy atom. The quantitative estimate of drug-likeness (QED) is 0.868. The first kappa shape index (κ1) is 14.9. The van der Waals surface area contributed by atoms with Crippen LogP contribution in [0.1, 0.15) is 43.5 Å². The van der Waals surface area contributed by atoms with Crippen molar-refractivity contribution < 1.29 is 9.53 Å². The van der Waals surface area contributed by atoms with Crippen molar-refractivity contribution in [3.8, 4) is 5.75 Å². The number of carbonyl (C=O) groups is 1. The van der Waals surface area contributed by atoms with Crippen molar-refractivity contribution in [2.45, 2.75) is 45.2 Å². The van der Waals surface area contributed by atoms with Gasteiger partial charge in [0.05, 0.1) is 6.61 Å². The zero-order valence-electron chi connectivity index (χ0n) is 12.3. The van der Waals surface area contributed by atoms with Crippen LogP contribution in [0.5, 0.6) is 5.75 Å². The molecule has 20 heavy (non-hydrogen) atoms. The summed E-state index contributed by atoms with van der Waals surface area (Å²) in [6, 6.07) is 7.92. The molecule has 1 fully saturated rings. The minimum Gasteiger partial charge on any atom is -0.494 e. The van der Waals surface area contributed by atoms with Crippen LogP contribution < -0.4 is 15.4 Å². The Morgan fingerprint density at radius 2 is 2.35 bits per heavy atom. The summed E-state index contributed by atoms with van der Waals surface area (Å²) < 4.78 is 5.56. The summed E-state index contributed by atoms with van der Waals surface area (Å²) in [5.41, 5.74) is 0.663. The summed E-state index contributed by atoms with van der Waals surface area (Å²) in [5.74, 6) is 0.738. The number of hydrogen-bond donors (Lipinski definition) is 2. The highest BCUT2D eigenvalue weighted by Crippen LogP contribution is 2.15. The highest BCUT2D eigenvalue weighted by Gasteiger charge is 2.22. The van der Waals surface area contributed by atoms with Gasteiger partial charge in [-0.1, -0.05) is 13.0 Å². The maximum atomic E-state index is 12.3. The van der Waals surface area contributed by atoms with Crippen molar-refractivity contribution in [2.75, 3.05) is 13.2 Å². The molecule has 0 saturated carbocycles. The van der Waals surface area contributed by atoms with E-state index in [2.05, 4.69) is 24.5 Å². The molecule has 0 bridgehead atoms. The minimum absolute atomic E-state index is 0.0208. The molecule has 1 aliphatic rings. The Balaban J connectivity index is 1.97. The van der Waals surface area contributed by atoms with E-state index in [-0.39, 0.29) is 11.9 Å². The Hall–Kier alpha value is -1.55. The average Bonchev–Trinajstić information content (AvgIpc) is 2.48. The first-order chi connectivity index (χ1) is 9.70. The second kappa shape index (κ2) is 7.29. The van der Waals surface area contributed by atoms with Gasteiger partial charge in [-0.25, -0.2) is 0 Å². The van der Waals surface area contributed by atoms with Gasteiger partial charge in [-0.2, -0.15) is 0 Å². The van der Waals surface area contributed by atoms with Crippen molar-refractivity contribution in [3.63, 3.8) is 0 Å². The second-order valence-corrected chi connectivity index (χ2v) is 5.34. The molecule has 0 spiro atoms. The average molecular weight is 276 g/mol. The van der Waals surface area contributed by atoms with E-state index in [1.54, 1.807) is 0 Å². The molecule has 2 rings (SSSR count). The lowest BCUT2D eigenvalue weighted by Crippen LogP contribution is -2.51. The molecular formula is C16H24N2O2. The highest BCUT2D eigenvalue weighted by atomic mass is 16.5. The van der Waals surface area contributed by atoms with Gasteiger partial charge in [0, 0.05) is 17.6 Å². The summed E-state index contributed by atoms with van der Waals surface area (Å²) in [4.78, 5) is 12.3. The van der Waals surface area contributed by atoms with Crippen molar-refractivity contribution in [3.05, 3.63) is 29.8 Å². The minimum atomic E-state index is -0.0208. The van der Waals surface area contributed by atoms with E-state index >= 15 is 0 Å². The summed E-state index contributed by atoms with van der Waals surface area (Å²) in [6.45, 7) is 5.89. The molecule has 0 aliphatic carbocycles. The first-order valence-electron chi connectivity index (χ1n) is 7.48. The van der Waals surface area contributed by atoms with Gasteiger partial charge in [-0.05, 0) is 50.9 Å². The topological polar surface area (TPSA) is 50.4 Å². The summed E-state index contributed by atoms with van der Waals surface area (Å²) >= 11 is 0. The van der Waals surface area contributed by atoms with Crippen LogP contribution in [-0.2, 0) is 0 Å². The molecule has 1 heterocycles. The van der Waals surface area contributed by atoms with Gasteiger partial charge in [-0.15, -0.1) is 0 Å². The Labute approximate surface area is 120 Å². The fourth-order valence-electron chi connectivity index (χ4n) is 2.44. The number of piperidine rings is 1. The van der Waals surface area contributed by atoms with Gasteiger partial charge in [0.15, 0.2) is 0 Å². The van der Waals surface area contributed by atoms with Crippen LogP contribution >= 0.6 is 0 Å². The van der Waals surface area contributed by atoms with Crippen LogP contribution in [0.25, 0.3) is 0 Å². The van der Waals surface area contributed by atoms with E-state index in [1.165, 1.54) is 0 Å². The highest BCUT2D eigenvalue weighted by molar-refractivity contribution is 5.94. The molecule has 1 saturated heterocycles. The van der Waals surface area contributed by atoms with Gasteiger partial charge in [0.1, 0.15) is 5.75 Å². The van der Waals surface area contributed by atoms with Crippen molar-refractivity contribution in [1.29, 1.82) is 0 Å². The molecule has 4 heteroatoms. The van der Waals surface area contributed by atoms with Crippen LogP contribution in [-0.4, -0.2) is 31.1 Å². The second-order valence-electron chi connectivity index (χ2n) is 5.34. The number of rotatable bonds is 5. The predicted octanol–water partition coefficient (Wildman–Crippen LogP) is 2.35. The van der Waals surface area contributed by atoms with Crippen LogP contribution in [0.2, 0.25) is 0 Å². The van der Waals surface area contributed by atoms with Gasteiger partial charge >= 0.3 is 0 Å². The lowest BCUT2D eigenvalue weighted by Gasteiger charge is -2.30. The van der Waals surface area contributed by atoms with Crippen molar-refractivity contribution >= 4 is 5.91 Å². The molecular weight excluding hydrogens is 252 g/mol. The van der Waals surface area contributed by atoms with E-state index in [0.29, 0.717) is 18.2 Å². The normalized spacial score (nSPS) is 22.3. The molecule has 4 nitrogen and oxygen atoms in total. The van der Waals surface area contributed by atoms with Gasteiger partial charge in [0.25, 0.3) is 5.91 Å². The maximum Gasteiger partial charge on any atom is 0.251 e. The van der Waals surface area contributed by atoms with Crippen molar-refractivity contribution in [1.82, 2.24) is 10.6 Å². The van der Waals surface area contributed by atoms with E-state index in [1.807, 2.05) is 24.3 Å². The standard InChI is InChI=1S/C16H24N2O2/c1-3-10-20-14-7-4-6-13(11-14)16(19)18-15-8-5-9-17-12(15)2/h4,6-7,11-12,15,17H,3,5,8-10H2,1-2H3,(H,18,19). The number of carbonyl (C=O) groups excluding carboxylic acids is 1. The van der Waals surface area contributed by atoms with Gasteiger partial charge < -0.3 is 15.4 Å². The summed E-state index contributed by atoms with van der Waals surface area (Å²) in [7, 11) is 0. The third kappa shape index (κ3) is 3.97. The zero-order valence-corrected chi connectivity index (χ0v) is 12.3. The fourth-order valence-corrected chi connectivity index (χ4v) is 2.44. The number of benzene rings is 1. The maximum absolute atomic E-state index is 12.3. The van der Waals surface area contributed by atoms with Crippen molar-refractivity contribution in [2.24, 2.45) is 0 Å². The smallest absolute Gasteiger partial charge is 0.251 e. The van der Waals surface area contributed by atoms with Crippen LogP contribution in [0, 0.1) is 0 Å². The molecule has 1 aliphatic heterocycles. The molecule has 110 valence electrons. The zero-order chi connectivity index (χ0) is 14.4. The first-order valence-corrected chi connectivity index (χ1v) is 7.48. The van der Waals surface area contributed by atoms with E-state index < -0.39 is 0 Å². The molecule has 1 amide bonds. The Kier molecular flexibility index (Phi) is 5.41. The largest absolute Gasteiger partial charge is 0.494 e. The van der Waals surface area contributed by atoms with Gasteiger partial charge in [-0.3, -0.25) is 4.79 Å². The number of amides is 1. The molecule has 1 aromatic carbocycles.